The Morgan fingerprint density at radius 2 is 1.61 bits per heavy atom. The Morgan fingerprint density at radius 3 is 2.20 bits per heavy atom. The molecule has 0 bridgehead atoms. The van der Waals surface area contributed by atoms with Crippen molar-refractivity contribution in [3.05, 3.63) is 41.7 Å². The van der Waals surface area contributed by atoms with Crippen molar-refractivity contribution in [3.8, 4) is 0 Å². The van der Waals surface area contributed by atoms with E-state index < -0.39 is 137 Å². The van der Waals surface area contributed by atoms with Crippen LogP contribution >= 0.6 is 0 Å². The van der Waals surface area contributed by atoms with E-state index in [1.165, 1.54) is 38.0 Å². The maximum absolute atomic E-state index is 14.8. The lowest BCUT2D eigenvalue weighted by Gasteiger charge is -2.49. The number of aliphatic hydroxyl groups excluding tert-OH is 3. The van der Waals surface area contributed by atoms with Gasteiger partial charge in [0.15, 0.2) is 22.4 Å². The van der Waals surface area contributed by atoms with Gasteiger partial charge in [0.05, 0.1) is 57.9 Å². The number of hydrogen-bond acceptors (Lipinski definition) is 19. The van der Waals surface area contributed by atoms with E-state index in [-0.39, 0.29) is 35.8 Å². The zero-order valence-corrected chi connectivity index (χ0v) is 47.7. The number of nitrogens with zero attached hydrogens (tertiary/aromatic N) is 5. The Morgan fingerprint density at radius 1 is 0.960 bits per heavy atom. The number of hydrogen-bond donors (Lipinski definition) is 5. The number of alkyl halides is 1. The van der Waals surface area contributed by atoms with Crippen molar-refractivity contribution < 1.29 is 76.3 Å². The summed E-state index contributed by atoms with van der Waals surface area (Å²) in [6.07, 6.45) is -8.51. The first kappa shape index (κ1) is 63.0. The van der Waals surface area contributed by atoms with Gasteiger partial charge < -0.3 is 68.5 Å². The minimum Gasteiger partial charge on any atom is -0.459 e. The number of esters is 1. The van der Waals surface area contributed by atoms with Crippen LogP contribution in [0.2, 0.25) is 0 Å². The number of sulfone groups is 1. The molecule has 0 unspecified atom stereocenters. The standard InChI is InChI=1S/C53H90FN5O15S/c1-16-41-53(11,65)46(61)34(7)58(13)28-30(3)25-51(9,64)48(32(5)44(33(6)49(63)72-41)73-42-26-52(10,69-15)47(62)35(8)71-42)74-50-43(60)39(24-31(4)70-50)57(12)23-22-37-29-59(56-55-37)40(27-54)45(68-14)36-18-20-38(21-19-36)75(66,67)17-2/h18-21,29-35,39-48,50,60-62,64-65H,16-17,22-28H2,1-15H3/t30-,31-,32+,33-,34-,35+,39+,40-,41-,42+,43-,44+,45-,46-,47+,48-,50+,51-,52-,53-/m1/s1. The van der Waals surface area contributed by atoms with Crippen LogP contribution < -0.4 is 0 Å². The Hall–Kier alpha value is -2.81. The number of benzene rings is 1. The summed E-state index contributed by atoms with van der Waals surface area (Å²) in [6, 6.07) is 4.15. The zero-order valence-electron chi connectivity index (χ0n) is 46.9. The number of rotatable bonds is 17. The van der Waals surface area contributed by atoms with Crippen molar-refractivity contribution in [2.45, 2.75) is 216 Å². The molecule has 3 aliphatic heterocycles. The van der Waals surface area contributed by atoms with Gasteiger partial charge in [0.2, 0.25) is 0 Å². The zero-order chi connectivity index (χ0) is 56.1. The van der Waals surface area contributed by atoms with Crippen LogP contribution in [-0.4, -0.2) is 209 Å². The fourth-order valence-electron chi connectivity index (χ4n) is 11.5. The average molecular weight is 1090 g/mol. The SMILES string of the molecule is CC[C@H]1OC(=O)[C@H](C)[C@@H](O[C@H]2C[C@@](C)(OC)[C@@H](O)[C@H](C)O2)[C@H](C)[C@@H](O[C@@H]2O[C@H](C)C[C@H](N(C)CCc3cn([C@H](CF)[C@H](OC)c4ccc(S(=O)(=O)CC)cc4)nn3)[C@H]2O)[C@](C)(O)C[C@@H](C)CN(C)[C@H](C)[C@@H](O)[C@]1(C)O. The highest BCUT2D eigenvalue weighted by Gasteiger charge is 2.53. The lowest BCUT2D eigenvalue weighted by atomic mass is 9.77. The van der Waals surface area contributed by atoms with Gasteiger partial charge in [0, 0.05) is 64.3 Å². The molecule has 1 aromatic carbocycles. The largest absolute Gasteiger partial charge is 0.459 e. The monoisotopic (exact) mass is 1090 g/mol. The van der Waals surface area contributed by atoms with E-state index in [0.29, 0.717) is 37.2 Å². The second-order valence-corrected chi connectivity index (χ2v) is 24.8. The van der Waals surface area contributed by atoms with Crippen molar-refractivity contribution in [2.75, 3.05) is 53.8 Å². The van der Waals surface area contributed by atoms with Gasteiger partial charge in [-0.1, -0.05) is 45.0 Å². The molecule has 5 rings (SSSR count). The molecule has 0 aliphatic carbocycles. The third-order valence-corrected chi connectivity index (χ3v) is 18.2. The molecule has 3 saturated heterocycles. The van der Waals surface area contributed by atoms with Crippen molar-refractivity contribution in [1.82, 2.24) is 24.8 Å². The fourth-order valence-corrected chi connectivity index (χ4v) is 12.4. The maximum atomic E-state index is 14.8. The number of aliphatic hydroxyl groups is 5. The average Bonchev–Trinajstić information content (AvgIpc) is 3.84. The third kappa shape index (κ3) is 14.5. The second-order valence-electron chi connectivity index (χ2n) is 22.5. The van der Waals surface area contributed by atoms with Crippen LogP contribution in [0.15, 0.2) is 35.4 Å². The molecule has 20 atom stereocenters. The molecule has 3 fully saturated rings. The van der Waals surface area contributed by atoms with Crippen LogP contribution in [0.1, 0.15) is 125 Å². The van der Waals surface area contributed by atoms with Gasteiger partial charge in [-0.05, 0) is 105 Å². The van der Waals surface area contributed by atoms with Crippen LogP contribution in [-0.2, 0) is 54.2 Å². The highest BCUT2D eigenvalue weighted by Crippen LogP contribution is 2.41. The van der Waals surface area contributed by atoms with Gasteiger partial charge >= 0.3 is 5.97 Å². The summed E-state index contributed by atoms with van der Waals surface area (Å²) in [5.41, 5.74) is -3.52. The molecule has 0 radical (unpaired) electrons. The quantitative estimate of drug-likeness (QED) is 0.141. The Labute approximate surface area is 444 Å². The summed E-state index contributed by atoms with van der Waals surface area (Å²) >= 11 is 0. The summed E-state index contributed by atoms with van der Waals surface area (Å²) in [5, 5.41) is 68.4. The molecular formula is C53H90FN5O15S. The lowest BCUT2D eigenvalue weighted by Crippen LogP contribution is -2.61. The first-order valence-electron chi connectivity index (χ1n) is 26.6. The van der Waals surface area contributed by atoms with E-state index in [2.05, 4.69) is 10.3 Å². The Bertz CT molecular complexity index is 2230. The summed E-state index contributed by atoms with van der Waals surface area (Å²) in [6.45, 7) is 18.8. The molecule has 75 heavy (non-hydrogen) atoms. The van der Waals surface area contributed by atoms with Crippen molar-refractivity contribution >= 4 is 15.8 Å². The number of carbonyl (C=O) groups is 1. The number of cyclic esters (lactones) is 1. The number of likely N-dealkylation sites (N-methyl/N-ethyl adjacent to an activating group) is 2. The normalized spacial score (nSPS) is 39.1. The molecule has 0 amide bonds. The van der Waals surface area contributed by atoms with E-state index in [4.69, 9.17) is 33.2 Å². The minimum absolute atomic E-state index is 0.0529. The molecule has 1 aromatic heterocycles. The van der Waals surface area contributed by atoms with Gasteiger partial charge in [-0.25, -0.2) is 17.5 Å². The van der Waals surface area contributed by atoms with Crippen LogP contribution in [0.4, 0.5) is 4.39 Å². The molecule has 430 valence electrons. The smallest absolute Gasteiger partial charge is 0.311 e. The summed E-state index contributed by atoms with van der Waals surface area (Å²) in [4.78, 5) is 18.5. The van der Waals surface area contributed by atoms with E-state index in [0.717, 1.165) is 0 Å². The molecule has 0 saturated carbocycles. The molecule has 4 heterocycles. The fraction of sp³-hybridized carbons (Fsp3) is 0.830. The lowest BCUT2D eigenvalue weighted by molar-refractivity contribution is -0.318. The summed E-state index contributed by atoms with van der Waals surface area (Å²) in [7, 11) is 3.17. The molecule has 3 aliphatic rings. The second kappa shape index (κ2) is 26.0. The van der Waals surface area contributed by atoms with Gasteiger partial charge in [0.25, 0.3) is 0 Å². The van der Waals surface area contributed by atoms with Gasteiger partial charge in [0.1, 0.15) is 48.8 Å². The van der Waals surface area contributed by atoms with Crippen LogP contribution in [0.5, 0.6) is 0 Å². The van der Waals surface area contributed by atoms with Gasteiger partial charge in [-0.2, -0.15) is 0 Å². The maximum Gasteiger partial charge on any atom is 0.311 e. The number of carbonyl (C=O) groups excluding carboxylic acids is 1. The predicted octanol–water partition coefficient (Wildman–Crippen LogP) is 3.80. The minimum atomic E-state index is -3.44. The van der Waals surface area contributed by atoms with Gasteiger partial charge in [-0.3, -0.25) is 4.79 Å². The molecule has 22 heteroatoms. The van der Waals surface area contributed by atoms with E-state index in [9.17, 15) is 43.1 Å². The molecule has 5 N–H and O–H groups in total. The highest BCUT2D eigenvalue weighted by molar-refractivity contribution is 7.91. The first-order valence-corrected chi connectivity index (χ1v) is 28.2. The van der Waals surface area contributed by atoms with Crippen molar-refractivity contribution in [3.63, 3.8) is 0 Å². The van der Waals surface area contributed by atoms with E-state index in [1.54, 1.807) is 73.7 Å². The van der Waals surface area contributed by atoms with Crippen molar-refractivity contribution in [2.24, 2.45) is 17.8 Å². The first-order chi connectivity index (χ1) is 35.0. The van der Waals surface area contributed by atoms with Crippen LogP contribution in [0.25, 0.3) is 0 Å². The van der Waals surface area contributed by atoms with Crippen LogP contribution in [0, 0.1) is 17.8 Å². The molecule has 20 nitrogen and oxygen atoms in total. The van der Waals surface area contributed by atoms with Crippen molar-refractivity contribution in [1.29, 1.82) is 0 Å². The Kier molecular flexibility index (Phi) is 21.8. The van der Waals surface area contributed by atoms with E-state index in [1.807, 2.05) is 37.7 Å². The topological polar surface area (TPSA) is 254 Å². The number of ether oxygens (including phenoxy) is 7. The summed E-state index contributed by atoms with van der Waals surface area (Å²) < 4.78 is 85.0. The number of aromatic nitrogens is 3. The molecule has 2 aromatic rings. The highest BCUT2D eigenvalue weighted by atomic mass is 32.2. The number of methoxy groups -OCH3 is 2. The molecule has 0 spiro atoms. The Balaban J connectivity index is 1.44. The van der Waals surface area contributed by atoms with Crippen LogP contribution in [0.3, 0.4) is 0 Å². The summed E-state index contributed by atoms with van der Waals surface area (Å²) in [5.74, 6) is -2.99. The molecular weight excluding hydrogens is 998 g/mol. The predicted molar refractivity (Wildman–Crippen MR) is 276 cm³/mol. The number of halogens is 1. The third-order valence-electron chi connectivity index (χ3n) is 16.4. The van der Waals surface area contributed by atoms with Gasteiger partial charge in [-0.15, -0.1) is 5.10 Å². The van der Waals surface area contributed by atoms with E-state index >= 15 is 0 Å².